The fraction of sp³-hybridized carbons (Fsp3) is 0.588. The van der Waals surface area contributed by atoms with Crippen molar-refractivity contribution in [1.29, 1.82) is 0 Å². The van der Waals surface area contributed by atoms with E-state index in [4.69, 9.17) is 12.2 Å². The van der Waals surface area contributed by atoms with Crippen LogP contribution in [0, 0.1) is 0 Å². The summed E-state index contributed by atoms with van der Waals surface area (Å²) in [6.07, 6.45) is 7.50. The lowest BCUT2D eigenvalue weighted by molar-refractivity contribution is 0.262. The third-order valence-corrected chi connectivity index (χ3v) is 4.42. The van der Waals surface area contributed by atoms with Gasteiger partial charge in [0.25, 0.3) is 0 Å². The molecule has 1 heterocycles. The molecule has 0 aromatic heterocycles. The third kappa shape index (κ3) is 4.20. The van der Waals surface area contributed by atoms with Crippen LogP contribution in [0.15, 0.2) is 24.3 Å². The molecule has 0 aliphatic carbocycles. The molecule has 1 aromatic carbocycles. The zero-order valence-corrected chi connectivity index (χ0v) is 13.5. The number of rotatable bonds is 4. The van der Waals surface area contributed by atoms with Crippen LogP contribution in [-0.2, 0) is 6.42 Å². The second kappa shape index (κ2) is 7.63. The number of thiocarbonyl (C=S) groups is 1. The minimum atomic E-state index is 0.563. The highest BCUT2D eigenvalue weighted by Crippen LogP contribution is 2.19. The molecule has 0 spiro atoms. The van der Waals surface area contributed by atoms with Crippen LogP contribution >= 0.6 is 12.2 Å². The molecule has 1 aliphatic rings. The minimum absolute atomic E-state index is 0.563. The van der Waals surface area contributed by atoms with E-state index in [9.17, 15) is 0 Å². The molecule has 20 heavy (non-hydrogen) atoms. The maximum absolute atomic E-state index is 5.55. The van der Waals surface area contributed by atoms with Gasteiger partial charge in [-0.15, -0.1) is 0 Å². The summed E-state index contributed by atoms with van der Waals surface area (Å²) in [6, 6.07) is 9.27. The van der Waals surface area contributed by atoms with Crippen molar-refractivity contribution < 1.29 is 0 Å². The van der Waals surface area contributed by atoms with Crippen molar-refractivity contribution in [3.8, 4) is 0 Å². The maximum atomic E-state index is 5.55. The van der Waals surface area contributed by atoms with E-state index in [1.807, 2.05) is 0 Å². The Morgan fingerprint density at radius 3 is 2.70 bits per heavy atom. The predicted molar refractivity (Wildman–Crippen MR) is 91.3 cm³/mol. The minimum Gasteiger partial charge on any atom is -0.346 e. The standard InChI is InChI=1S/C17H26N2S/c1-3-4-8-15-9-11-16(12-10-15)18-17(20)19-13-6-5-7-14(19)2/h9-12,14H,3-8,13H2,1-2H3,(H,18,20)/t14-/m1/s1. The predicted octanol–water partition coefficient (Wildman–Crippen LogP) is 4.60. The molecule has 0 radical (unpaired) electrons. The quantitative estimate of drug-likeness (QED) is 0.816. The van der Waals surface area contributed by atoms with Crippen molar-refractivity contribution >= 4 is 23.0 Å². The largest absolute Gasteiger partial charge is 0.346 e. The van der Waals surface area contributed by atoms with Gasteiger partial charge in [0.1, 0.15) is 0 Å². The van der Waals surface area contributed by atoms with Gasteiger partial charge in [-0.2, -0.15) is 0 Å². The highest BCUT2D eigenvalue weighted by atomic mass is 32.1. The number of benzene rings is 1. The fourth-order valence-corrected chi connectivity index (χ4v) is 3.12. The lowest BCUT2D eigenvalue weighted by Crippen LogP contribution is -2.44. The van der Waals surface area contributed by atoms with Crippen LogP contribution in [0.3, 0.4) is 0 Å². The maximum Gasteiger partial charge on any atom is 0.173 e. The van der Waals surface area contributed by atoms with Gasteiger partial charge >= 0.3 is 0 Å². The topological polar surface area (TPSA) is 15.3 Å². The number of nitrogens with one attached hydrogen (secondary N) is 1. The molecule has 0 amide bonds. The zero-order chi connectivity index (χ0) is 14.4. The van der Waals surface area contributed by atoms with E-state index >= 15 is 0 Å². The van der Waals surface area contributed by atoms with E-state index in [1.54, 1.807) is 0 Å². The average molecular weight is 290 g/mol. The van der Waals surface area contributed by atoms with Crippen LogP contribution in [0.1, 0.15) is 51.5 Å². The summed E-state index contributed by atoms with van der Waals surface area (Å²) in [4.78, 5) is 2.32. The molecule has 1 aliphatic heterocycles. The van der Waals surface area contributed by atoms with Gasteiger partial charge < -0.3 is 10.2 Å². The highest BCUT2D eigenvalue weighted by Gasteiger charge is 2.20. The van der Waals surface area contributed by atoms with Gasteiger partial charge in [-0.1, -0.05) is 25.5 Å². The molecule has 0 bridgehead atoms. The molecule has 3 heteroatoms. The highest BCUT2D eigenvalue weighted by molar-refractivity contribution is 7.80. The second-order valence-corrected chi connectivity index (χ2v) is 6.16. The number of hydrogen-bond donors (Lipinski definition) is 1. The van der Waals surface area contributed by atoms with Crippen LogP contribution in [0.25, 0.3) is 0 Å². The van der Waals surface area contributed by atoms with E-state index < -0.39 is 0 Å². The first-order chi connectivity index (χ1) is 9.70. The smallest absolute Gasteiger partial charge is 0.173 e. The monoisotopic (exact) mass is 290 g/mol. The summed E-state index contributed by atoms with van der Waals surface area (Å²) in [5.41, 5.74) is 2.52. The number of piperidine rings is 1. The van der Waals surface area contributed by atoms with Crippen molar-refractivity contribution in [2.75, 3.05) is 11.9 Å². The van der Waals surface area contributed by atoms with Crippen molar-refractivity contribution in [3.05, 3.63) is 29.8 Å². The molecule has 0 unspecified atom stereocenters. The van der Waals surface area contributed by atoms with Crippen LogP contribution in [0.4, 0.5) is 5.69 Å². The van der Waals surface area contributed by atoms with E-state index in [0.717, 1.165) is 17.3 Å². The molecule has 0 saturated carbocycles. The van der Waals surface area contributed by atoms with E-state index in [-0.39, 0.29) is 0 Å². The Bertz CT molecular complexity index is 427. The first kappa shape index (κ1) is 15.3. The zero-order valence-electron chi connectivity index (χ0n) is 12.7. The molecule has 2 nitrogen and oxygen atoms in total. The molecule has 1 N–H and O–H groups in total. The lowest BCUT2D eigenvalue weighted by Gasteiger charge is -2.35. The van der Waals surface area contributed by atoms with Gasteiger partial charge in [-0.25, -0.2) is 0 Å². The van der Waals surface area contributed by atoms with Gasteiger partial charge in [-0.3, -0.25) is 0 Å². The molecule has 1 atom stereocenters. The van der Waals surface area contributed by atoms with Gasteiger partial charge in [0, 0.05) is 18.3 Å². The number of likely N-dealkylation sites (tertiary alicyclic amines) is 1. The van der Waals surface area contributed by atoms with Crippen molar-refractivity contribution in [2.24, 2.45) is 0 Å². The average Bonchev–Trinajstić information content (AvgIpc) is 2.47. The summed E-state index contributed by atoms with van der Waals surface area (Å²) in [5, 5.41) is 4.26. The Hall–Kier alpha value is -1.09. The Kier molecular flexibility index (Phi) is 5.84. The molecule has 1 saturated heterocycles. The molecule has 1 aromatic rings. The molecular weight excluding hydrogens is 264 g/mol. The van der Waals surface area contributed by atoms with Crippen LogP contribution in [0.2, 0.25) is 0 Å². The summed E-state index contributed by atoms with van der Waals surface area (Å²) in [7, 11) is 0. The van der Waals surface area contributed by atoms with Crippen LogP contribution in [0.5, 0.6) is 0 Å². The summed E-state index contributed by atoms with van der Waals surface area (Å²) in [6.45, 7) is 5.58. The number of anilines is 1. The fourth-order valence-electron chi connectivity index (χ4n) is 2.73. The Morgan fingerprint density at radius 1 is 1.30 bits per heavy atom. The normalized spacial score (nSPS) is 18.9. The van der Waals surface area contributed by atoms with E-state index in [2.05, 4.69) is 48.3 Å². The number of aryl methyl sites for hydroxylation is 1. The third-order valence-electron chi connectivity index (χ3n) is 4.09. The lowest BCUT2D eigenvalue weighted by atomic mass is 10.0. The molecule has 1 fully saturated rings. The van der Waals surface area contributed by atoms with Crippen LogP contribution in [-0.4, -0.2) is 22.6 Å². The van der Waals surface area contributed by atoms with Crippen LogP contribution < -0.4 is 5.32 Å². The number of nitrogens with zero attached hydrogens (tertiary/aromatic N) is 1. The summed E-state index contributed by atoms with van der Waals surface area (Å²) >= 11 is 5.55. The van der Waals surface area contributed by atoms with Crippen molar-refractivity contribution in [1.82, 2.24) is 4.90 Å². The van der Waals surface area contributed by atoms with Crippen molar-refractivity contribution in [2.45, 2.75) is 58.4 Å². The SMILES string of the molecule is CCCCc1ccc(NC(=S)N2CCCC[C@H]2C)cc1. The second-order valence-electron chi connectivity index (χ2n) is 5.77. The van der Waals surface area contributed by atoms with Gasteiger partial charge in [-0.05, 0) is 68.9 Å². The molecule has 110 valence electrons. The number of hydrogen-bond acceptors (Lipinski definition) is 1. The Balaban J connectivity index is 1.90. The number of unbranched alkanes of at least 4 members (excludes halogenated alkanes) is 1. The van der Waals surface area contributed by atoms with E-state index in [0.29, 0.717) is 6.04 Å². The van der Waals surface area contributed by atoms with Gasteiger partial charge in [0.05, 0.1) is 0 Å². The Labute approximate surface area is 128 Å². The van der Waals surface area contributed by atoms with Gasteiger partial charge in [0.15, 0.2) is 5.11 Å². The summed E-state index contributed by atoms with van der Waals surface area (Å²) in [5.74, 6) is 0. The summed E-state index contributed by atoms with van der Waals surface area (Å²) < 4.78 is 0. The van der Waals surface area contributed by atoms with Gasteiger partial charge in [0.2, 0.25) is 0 Å². The molecular formula is C17H26N2S. The Morgan fingerprint density at radius 2 is 2.05 bits per heavy atom. The van der Waals surface area contributed by atoms with Crippen molar-refractivity contribution in [3.63, 3.8) is 0 Å². The first-order valence-electron chi connectivity index (χ1n) is 7.87. The molecule has 2 rings (SSSR count). The first-order valence-corrected chi connectivity index (χ1v) is 8.28. The van der Waals surface area contributed by atoms with E-state index in [1.165, 1.54) is 44.1 Å².